The number of aromatic amines is 1. The number of rotatable bonds is 6. The monoisotopic (exact) mass is 331 g/mol. The summed E-state index contributed by atoms with van der Waals surface area (Å²) in [5.41, 5.74) is 0.358. The molecule has 0 radical (unpaired) electrons. The van der Waals surface area contributed by atoms with Gasteiger partial charge in [-0.1, -0.05) is 26.0 Å². The van der Waals surface area contributed by atoms with Crippen molar-refractivity contribution in [2.45, 2.75) is 32.7 Å². The molecule has 0 spiro atoms. The number of aryl methyl sites for hydroxylation is 1. The SMILES string of the molecule is COC(=O)C(NC(=O)CCc1nc2ccccc2c(=O)[nH]1)C(C)C. The summed E-state index contributed by atoms with van der Waals surface area (Å²) in [5.74, 6) is -0.418. The van der Waals surface area contributed by atoms with Gasteiger partial charge in [-0.3, -0.25) is 9.59 Å². The van der Waals surface area contributed by atoms with Crippen molar-refractivity contribution < 1.29 is 14.3 Å². The van der Waals surface area contributed by atoms with E-state index in [-0.39, 0.29) is 30.2 Å². The highest BCUT2D eigenvalue weighted by Gasteiger charge is 2.24. The van der Waals surface area contributed by atoms with E-state index < -0.39 is 12.0 Å². The van der Waals surface area contributed by atoms with Gasteiger partial charge in [0.2, 0.25) is 5.91 Å². The number of esters is 1. The Morgan fingerprint density at radius 1 is 1.29 bits per heavy atom. The number of aromatic nitrogens is 2. The zero-order valence-electron chi connectivity index (χ0n) is 14.0. The zero-order valence-corrected chi connectivity index (χ0v) is 14.0. The fourth-order valence-corrected chi connectivity index (χ4v) is 2.36. The minimum atomic E-state index is -0.689. The van der Waals surface area contributed by atoms with Crippen LogP contribution in [0.2, 0.25) is 0 Å². The van der Waals surface area contributed by atoms with E-state index in [1.807, 2.05) is 13.8 Å². The molecule has 1 heterocycles. The number of ether oxygens (including phenoxy) is 1. The number of carbonyl (C=O) groups is 2. The Morgan fingerprint density at radius 2 is 2.00 bits per heavy atom. The smallest absolute Gasteiger partial charge is 0.328 e. The summed E-state index contributed by atoms with van der Waals surface area (Å²) in [7, 11) is 1.29. The first kappa shape index (κ1) is 17.7. The van der Waals surface area contributed by atoms with Gasteiger partial charge in [0, 0.05) is 12.8 Å². The second kappa shape index (κ2) is 7.72. The number of nitrogens with one attached hydrogen (secondary N) is 2. The normalized spacial score (nSPS) is 12.2. The van der Waals surface area contributed by atoms with Crippen LogP contribution in [0.15, 0.2) is 29.1 Å². The highest BCUT2D eigenvalue weighted by atomic mass is 16.5. The quantitative estimate of drug-likeness (QED) is 0.774. The molecule has 0 fully saturated rings. The van der Waals surface area contributed by atoms with Gasteiger partial charge < -0.3 is 15.0 Å². The minimum absolute atomic E-state index is 0.0833. The number of fused-ring (bicyclic) bond motifs is 1. The molecule has 0 aliphatic carbocycles. The lowest BCUT2D eigenvalue weighted by Crippen LogP contribution is -2.45. The third-order valence-corrected chi connectivity index (χ3v) is 3.69. The van der Waals surface area contributed by atoms with Crippen LogP contribution >= 0.6 is 0 Å². The van der Waals surface area contributed by atoms with Gasteiger partial charge in [0.05, 0.1) is 18.0 Å². The van der Waals surface area contributed by atoms with Crippen molar-refractivity contribution in [3.05, 3.63) is 40.4 Å². The second-order valence-electron chi connectivity index (χ2n) is 5.84. The maximum absolute atomic E-state index is 12.1. The van der Waals surface area contributed by atoms with Gasteiger partial charge in [-0.25, -0.2) is 9.78 Å². The molecular weight excluding hydrogens is 310 g/mol. The van der Waals surface area contributed by atoms with Gasteiger partial charge in [-0.05, 0) is 18.1 Å². The Hall–Kier alpha value is -2.70. The lowest BCUT2D eigenvalue weighted by atomic mass is 10.0. The molecule has 7 nitrogen and oxygen atoms in total. The first-order valence-corrected chi connectivity index (χ1v) is 7.77. The topological polar surface area (TPSA) is 101 Å². The van der Waals surface area contributed by atoms with Crippen molar-refractivity contribution in [3.63, 3.8) is 0 Å². The van der Waals surface area contributed by atoms with E-state index >= 15 is 0 Å². The largest absolute Gasteiger partial charge is 0.467 e. The summed E-state index contributed by atoms with van der Waals surface area (Å²) >= 11 is 0. The van der Waals surface area contributed by atoms with Gasteiger partial charge >= 0.3 is 5.97 Å². The molecule has 0 saturated heterocycles. The molecule has 1 aromatic heterocycles. The molecule has 24 heavy (non-hydrogen) atoms. The molecule has 0 saturated carbocycles. The lowest BCUT2D eigenvalue weighted by molar-refractivity contribution is -0.146. The van der Waals surface area contributed by atoms with Crippen LogP contribution < -0.4 is 10.9 Å². The molecule has 2 N–H and O–H groups in total. The van der Waals surface area contributed by atoms with E-state index in [2.05, 4.69) is 20.0 Å². The van der Waals surface area contributed by atoms with E-state index in [9.17, 15) is 14.4 Å². The zero-order chi connectivity index (χ0) is 17.7. The van der Waals surface area contributed by atoms with E-state index in [1.165, 1.54) is 7.11 Å². The Bertz CT molecular complexity index is 798. The van der Waals surface area contributed by atoms with Gasteiger partial charge in [0.1, 0.15) is 11.9 Å². The molecule has 0 aliphatic heterocycles. The number of nitrogens with zero attached hydrogens (tertiary/aromatic N) is 1. The number of carbonyl (C=O) groups excluding carboxylic acids is 2. The number of hydrogen-bond acceptors (Lipinski definition) is 5. The molecule has 0 bridgehead atoms. The highest BCUT2D eigenvalue weighted by Crippen LogP contribution is 2.07. The number of amides is 1. The number of H-pyrrole nitrogens is 1. The molecule has 7 heteroatoms. The van der Waals surface area contributed by atoms with E-state index in [1.54, 1.807) is 24.3 Å². The Morgan fingerprint density at radius 3 is 2.67 bits per heavy atom. The van der Waals surface area contributed by atoms with Crippen LogP contribution in [0.1, 0.15) is 26.1 Å². The molecule has 0 aliphatic rings. The van der Waals surface area contributed by atoms with Crippen LogP contribution in [-0.4, -0.2) is 35.0 Å². The number of benzene rings is 1. The summed E-state index contributed by atoms with van der Waals surface area (Å²) < 4.78 is 4.69. The maximum atomic E-state index is 12.1. The van der Waals surface area contributed by atoms with E-state index in [0.29, 0.717) is 16.7 Å². The van der Waals surface area contributed by atoms with Crippen LogP contribution in [0, 0.1) is 5.92 Å². The van der Waals surface area contributed by atoms with E-state index in [4.69, 9.17) is 0 Å². The third-order valence-electron chi connectivity index (χ3n) is 3.69. The Balaban J connectivity index is 2.04. The minimum Gasteiger partial charge on any atom is -0.467 e. The predicted molar refractivity (Wildman–Crippen MR) is 89.5 cm³/mol. The van der Waals surface area contributed by atoms with Crippen molar-refractivity contribution in [1.82, 2.24) is 15.3 Å². The third kappa shape index (κ3) is 4.18. The predicted octanol–water partition coefficient (Wildman–Crippen LogP) is 1.17. The maximum Gasteiger partial charge on any atom is 0.328 e. The average Bonchev–Trinajstić information content (AvgIpc) is 2.57. The number of para-hydroxylation sites is 1. The van der Waals surface area contributed by atoms with Crippen molar-refractivity contribution in [2.75, 3.05) is 7.11 Å². The average molecular weight is 331 g/mol. The summed E-state index contributed by atoms with van der Waals surface area (Å²) in [4.78, 5) is 42.7. The molecule has 128 valence electrons. The fourth-order valence-electron chi connectivity index (χ4n) is 2.36. The number of hydrogen-bond donors (Lipinski definition) is 2. The number of methoxy groups -OCH3 is 1. The summed E-state index contributed by atoms with van der Waals surface area (Å²) in [6.45, 7) is 3.65. The molecule has 2 aromatic rings. The Kier molecular flexibility index (Phi) is 5.68. The molecule has 1 atom stereocenters. The van der Waals surface area contributed by atoms with Crippen LogP contribution in [0.5, 0.6) is 0 Å². The first-order chi connectivity index (χ1) is 11.4. The van der Waals surface area contributed by atoms with Crippen molar-refractivity contribution in [2.24, 2.45) is 5.92 Å². The first-order valence-electron chi connectivity index (χ1n) is 7.77. The van der Waals surface area contributed by atoms with Crippen LogP contribution in [-0.2, 0) is 20.7 Å². The molecule has 1 amide bonds. The van der Waals surface area contributed by atoms with Crippen LogP contribution in [0.4, 0.5) is 0 Å². The standard InChI is InChI=1S/C17H21N3O4/c1-10(2)15(17(23)24-3)20-14(21)9-8-13-18-12-7-5-4-6-11(12)16(22)19-13/h4-7,10,15H,8-9H2,1-3H3,(H,20,21)(H,18,19,22). The van der Waals surface area contributed by atoms with Gasteiger partial charge in [-0.2, -0.15) is 0 Å². The van der Waals surface area contributed by atoms with Gasteiger partial charge in [-0.15, -0.1) is 0 Å². The molecule has 2 rings (SSSR count). The Labute approximate surface area is 139 Å². The van der Waals surface area contributed by atoms with Crippen molar-refractivity contribution in [1.29, 1.82) is 0 Å². The van der Waals surface area contributed by atoms with Crippen LogP contribution in [0.25, 0.3) is 10.9 Å². The molecule has 1 aromatic carbocycles. The van der Waals surface area contributed by atoms with Gasteiger partial charge in [0.15, 0.2) is 0 Å². The van der Waals surface area contributed by atoms with Gasteiger partial charge in [0.25, 0.3) is 5.56 Å². The molecular formula is C17H21N3O4. The summed E-state index contributed by atoms with van der Waals surface area (Å²) in [6, 6.07) is 6.33. The van der Waals surface area contributed by atoms with Crippen molar-refractivity contribution in [3.8, 4) is 0 Å². The summed E-state index contributed by atoms with van der Waals surface area (Å²) in [6.07, 6.45) is 0.388. The summed E-state index contributed by atoms with van der Waals surface area (Å²) in [5, 5.41) is 3.17. The van der Waals surface area contributed by atoms with E-state index in [0.717, 1.165) is 0 Å². The highest BCUT2D eigenvalue weighted by molar-refractivity contribution is 5.84. The lowest BCUT2D eigenvalue weighted by Gasteiger charge is -2.19. The van der Waals surface area contributed by atoms with Crippen molar-refractivity contribution >= 4 is 22.8 Å². The van der Waals surface area contributed by atoms with Crippen LogP contribution in [0.3, 0.4) is 0 Å². The molecule has 1 unspecified atom stereocenters. The fraction of sp³-hybridized carbons (Fsp3) is 0.412. The second-order valence-corrected chi connectivity index (χ2v) is 5.84.